The van der Waals surface area contributed by atoms with Gasteiger partial charge in [0, 0.05) is 10.7 Å². The summed E-state index contributed by atoms with van der Waals surface area (Å²) in [6.07, 6.45) is -4.30. The van der Waals surface area contributed by atoms with Crippen LogP contribution in [0.1, 0.15) is 20.8 Å². The van der Waals surface area contributed by atoms with E-state index in [1.54, 1.807) is 39.0 Å². The standard InChI is InChI=1S/C12H15ClF3N/c1-11(2,3)10(12(14,15)16)17-9-6-4-5-8(13)7-9/h4-7,10,17H,1-3H3. The van der Waals surface area contributed by atoms with Crippen LogP contribution in [0.2, 0.25) is 5.02 Å². The van der Waals surface area contributed by atoms with Gasteiger partial charge in [-0.2, -0.15) is 13.2 Å². The van der Waals surface area contributed by atoms with Gasteiger partial charge in [-0.3, -0.25) is 0 Å². The fourth-order valence-electron chi connectivity index (χ4n) is 1.53. The first kappa shape index (κ1) is 14.2. The average Bonchev–Trinajstić information content (AvgIpc) is 2.10. The van der Waals surface area contributed by atoms with Gasteiger partial charge >= 0.3 is 6.18 Å². The molecule has 96 valence electrons. The van der Waals surface area contributed by atoms with E-state index < -0.39 is 17.6 Å². The predicted octanol–water partition coefficient (Wildman–Crippen LogP) is 4.73. The second kappa shape index (κ2) is 4.77. The largest absolute Gasteiger partial charge is 0.409 e. The lowest BCUT2D eigenvalue weighted by atomic mass is 9.86. The van der Waals surface area contributed by atoms with E-state index in [4.69, 9.17) is 11.6 Å². The molecule has 1 atom stereocenters. The van der Waals surface area contributed by atoms with Crippen molar-refractivity contribution in [3.8, 4) is 0 Å². The van der Waals surface area contributed by atoms with Crippen LogP contribution in [0.5, 0.6) is 0 Å². The van der Waals surface area contributed by atoms with Crippen molar-refractivity contribution in [3.05, 3.63) is 29.3 Å². The summed E-state index contributed by atoms with van der Waals surface area (Å²) < 4.78 is 38.7. The van der Waals surface area contributed by atoms with Gasteiger partial charge in [0.1, 0.15) is 6.04 Å². The molecule has 17 heavy (non-hydrogen) atoms. The van der Waals surface area contributed by atoms with E-state index in [0.29, 0.717) is 10.7 Å². The lowest BCUT2D eigenvalue weighted by Crippen LogP contribution is -2.46. The van der Waals surface area contributed by atoms with E-state index in [0.717, 1.165) is 0 Å². The van der Waals surface area contributed by atoms with Crippen molar-refractivity contribution in [1.82, 2.24) is 0 Å². The molecule has 0 aromatic heterocycles. The van der Waals surface area contributed by atoms with Crippen LogP contribution in [-0.4, -0.2) is 12.2 Å². The van der Waals surface area contributed by atoms with Crippen LogP contribution in [0.4, 0.5) is 18.9 Å². The van der Waals surface area contributed by atoms with Crippen molar-refractivity contribution >= 4 is 17.3 Å². The Morgan fingerprint density at radius 3 is 2.18 bits per heavy atom. The number of rotatable bonds is 2. The average molecular weight is 266 g/mol. The lowest BCUT2D eigenvalue weighted by molar-refractivity contribution is -0.161. The molecule has 0 heterocycles. The van der Waals surface area contributed by atoms with Gasteiger partial charge < -0.3 is 5.32 Å². The van der Waals surface area contributed by atoms with Crippen molar-refractivity contribution in [3.63, 3.8) is 0 Å². The fourth-order valence-corrected chi connectivity index (χ4v) is 1.72. The van der Waals surface area contributed by atoms with Gasteiger partial charge in [0.2, 0.25) is 0 Å². The first-order valence-electron chi connectivity index (χ1n) is 5.19. The van der Waals surface area contributed by atoms with Gasteiger partial charge in [0.15, 0.2) is 0 Å². The Balaban J connectivity index is 2.96. The fraction of sp³-hybridized carbons (Fsp3) is 0.500. The van der Waals surface area contributed by atoms with Crippen molar-refractivity contribution in [1.29, 1.82) is 0 Å². The maximum atomic E-state index is 12.9. The van der Waals surface area contributed by atoms with Crippen LogP contribution in [0, 0.1) is 5.41 Å². The summed E-state index contributed by atoms with van der Waals surface area (Å²) in [5.41, 5.74) is -0.560. The van der Waals surface area contributed by atoms with E-state index >= 15 is 0 Å². The molecule has 1 aromatic carbocycles. The minimum atomic E-state index is -4.30. The molecular weight excluding hydrogens is 251 g/mol. The Hall–Kier alpha value is -0.900. The normalized spacial score (nSPS) is 14.5. The Labute approximate surface area is 104 Å². The third-order valence-corrected chi connectivity index (χ3v) is 2.56. The Bertz CT molecular complexity index is 368. The van der Waals surface area contributed by atoms with Crippen molar-refractivity contribution in [2.75, 3.05) is 5.32 Å². The van der Waals surface area contributed by atoms with E-state index in [1.807, 2.05) is 0 Å². The minimum Gasteiger partial charge on any atom is -0.374 e. The SMILES string of the molecule is CC(C)(C)C(Nc1cccc(Cl)c1)C(F)(F)F. The van der Waals surface area contributed by atoms with E-state index in [2.05, 4.69) is 5.32 Å². The number of anilines is 1. The maximum Gasteiger partial charge on any atom is 0.409 e. The van der Waals surface area contributed by atoms with Crippen LogP contribution in [0.15, 0.2) is 24.3 Å². The molecule has 0 aliphatic heterocycles. The van der Waals surface area contributed by atoms with Crippen molar-refractivity contribution < 1.29 is 13.2 Å². The van der Waals surface area contributed by atoms with Gasteiger partial charge in [-0.25, -0.2) is 0 Å². The third-order valence-electron chi connectivity index (χ3n) is 2.33. The van der Waals surface area contributed by atoms with Crippen LogP contribution >= 0.6 is 11.6 Å². The van der Waals surface area contributed by atoms with Gasteiger partial charge in [0.25, 0.3) is 0 Å². The number of hydrogen-bond acceptors (Lipinski definition) is 1. The van der Waals surface area contributed by atoms with E-state index in [-0.39, 0.29) is 0 Å². The van der Waals surface area contributed by atoms with Crippen LogP contribution in [0.25, 0.3) is 0 Å². The lowest BCUT2D eigenvalue weighted by Gasteiger charge is -2.33. The van der Waals surface area contributed by atoms with Crippen LogP contribution < -0.4 is 5.32 Å². The summed E-state index contributed by atoms with van der Waals surface area (Å²) in [7, 11) is 0. The molecule has 0 fully saturated rings. The zero-order chi connectivity index (χ0) is 13.3. The molecule has 1 unspecified atom stereocenters. The summed E-state index contributed by atoms with van der Waals surface area (Å²) in [5, 5.41) is 2.90. The zero-order valence-corrected chi connectivity index (χ0v) is 10.7. The van der Waals surface area contributed by atoms with Gasteiger partial charge in [-0.05, 0) is 23.6 Å². The second-order valence-electron chi connectivity index (χ2n) is 5.00. The van der Waals surface area contributed by atoms with Gasteiger partial charge in [-0.15, -0.1) is 0 Å². The van der Waals surface area contributed by atoms with Gasteiger partial charge in [0.05, 0.1) is 0 Å². The Morgan fingerprint density at radius 1 is 1.18 bits per heavy atom. The topological polar surface area (TPSA) is 12.0 Å². The molecule has 0 amide bonds. The highest BCUT2D eigenvalue weighted by molar-refractivity contribution is 6.30. The quantitative estimate of drug-likeness (QED) is 0.815. The number of halogens is 4. The van der Waals surface area contributed by atoms with E-state index in [1.165, 1.54) is 6.07 Å². The molecule has 1 aromatic rings. The predicted molar refractivity (Wildman–Crippen MR) is 64.4 cm³/mol. The third kappa shape index (κ3) is 4.11. The molecule has 1 N–H and O–H groups in total. The summed E-state index contributed by atoms with van der Waals surface area (Å²) in [6.45, 7) is 4.63. The molecule has 1 rings (SSSR count). The van der Waals surface area contributed by atoms with Crippen molar-refractivity contribution in [2.45, 2.75) is 33.0 Å². The summed E-state index contributed by atoms with van der Waals surface area (Å²) in [5.74, 6) is 0. The number of benzene rings is 1. The Kier molecular flexibility index (Phi) is 3.97. The molecule has 0 saturated carbocycles. The summed E-state index contributed by atoms with van der Waals surface area (Å²) in [4.78, 5) is 0. The smallest absolute Gasteiger partial charge is 0.374 e. The zero-order valence-electron chi connectivity index (χ0n) is 9.90. The van der Waals surface area contributed by atoms with Crippen molar-refractivity contribution in [2.24, 2.45) is 5.41 Å². The number of nitrogens with one attached hydrogen (secondary N) is 1. The van der Waals surface area contributed by atoms with Crippen LogP contribution in [0.3, 0.4) is 0 Å². The molecule has 0 spiro atoms. The minimum absolute atomic E-state index is 0.370. The molecule has 0 aliphatic carbocycles. The first-order chi connectivity index (χ1) is 7.60. The molecular formula is C12H15ClF3N. The number of hydrogen-bond donors (Lipinski definition) is 1. The summed E-state index contributed by atoms with van der Waals surface area (Å²) in [6, 6.07) is 4.66. The van der Waals surface area contributed by atoms with Gasteiger partial charge in [-0.1, -0.05) is 38.4 Å². The Morgan fingerprint density at radius 2 is 1.76 bits per heavy atom. The second-order valence-corrected chi connectivity index (χ2v) is 5.43. The molecule has 0 saturated heterocycles. The molecule has 0 bridgehead atoms. The monoisotopic (exact) mass is 265 g/mol. The molecule has 1 nitrogen and oxygen atoms in total. The first-order valence-corrected chi connectivity index (χ1v) is 5.57. The van der Waals surface area contributed by atoms with Crippen LogP contribution in [-0.2, 0) is 0 Å². The highest BCUT2D eigenvalue weighted by Gasteiger charge is 2.46. The van der Waals surface area contributed by atoms with E-state index in [9.17, 15) is 13.2 Å². The number of alkyl halides is 3. The molecule has 0 aliphatic rings. The summed E-state index contributed by atoms with van der Waals surface area (Å²) >= 11 is 5.74. The molecule has 5 heteroatoms. The highest BCUT2D eigenvalue weighted by Crippen LogP contribution is 2.35. The molecule has 0 radical (unpaired) electrons. The highest BCUT2D eigenvalue weighted by atomic mass is 35.5. The maximum absolute atomic E-state index is 12.9.